The number of rotatable bonds is 4. The third kappa shape index (κ3) is 3.50. The van der Waals surface area contributed by atoms with Crippen LogP contribution in [0.1, 0.15) is 17.0 Å². The first kappa shape index (κ1) is 16.5. The van der Waals surface area contributed by atoms with Crippen molar-refractivity contribution in [1.82, 2.24) is 19.9 Å². The molecule has 0 radical (unpaired) electrons. The van der Waals surface area contributed by atoms with Gasteiger partial charge in [-0.2, -0.15) is 0 Å². The zero-order valence-electron chi connectivity index (χ0n) is 14.7. The fourth-order valence-corrected chi connectivity index (χ4v) is 3.24. The van der Waals surface area contributed by atoms with Crippen molar-refractivity contribution in [1.29, 1.82) is 0 Å². The highest BCUT2D eigenvalue weighted by molar-refractivity contribution is 5.60. The first-order chi connectivity index (χ1) is 12.7. The Bertz CT molecular complexity index is 910. The lowest BCUT2D eigenvalue weighted by molar-refractivity contribution is 0.240. The van der Waals surface area contributed by atoms with E-state index < -0.39 is 0 Å². The zero-order valence-corrected chi connectivity index (χ0v) is 14.7. The van der Waals surface area contributed by atoms with E-state index in [1.807, 2.05) is 36.5 Å². The normalized spacial score (nSPS) is 14.0. The van der Waals surface area contributed by atoms with E-state index in [1.54, 1.807) is 7.11 Å². The van der Waals surface area contributed by atoms with Gasteiger partial charge in [0.25, 0.3) is 0 Å². The summed E-state index contributed by atoms with van der Waals surface area (Å²) in [5.41, 5.74) is 11.0. The minimum atomic E-state index is 0.353. The fraction of sp³-hybridized carbons (Fsp3) is 0.250. The second-order valence-electron chi connectivity index (χ2n) is 6.40. The molecule has 0 saturated heterocycles. The van der Waals surface area contributed by atoms with Crippen LogP contribution in [0.15, 0.2) is 48.7 Å². The van der Waals surface area contributed by atoms with Crippen LogP contribution >= 0.6 is 0 Å². The lowest BCUT2D eigenvalue weighted by atomic mass is 10.1. The average Bonchev–Trinajstić information content (AvgIpc) is 2.68. The number of hydrogen-bond donors (Lipinski definition) is 1. The summed E-state index contributed by atoms with van der Waals surface area (Å²) in [6.07, 6.45) is 2.73. The molecule has 2 aromatic heterocycles. The van der Waals surface area contributed by atoms with Crippen molar-refractivity contribution in [3.05, 3.63) is 65.6 Å². The summed E-state index contributed by atoms with van der Waals surface area (Å²) < 4.78 is 5.22. The lowest BCUT2D eigenvalue weighted by Crippen LogP contribution is -2.31. The second kappa shape index (κ2) is 7.09. The first-order valence-electron chi connectivity index (χ1n) is 8.64. The summed E-state index contributed by atoms with van der Waals surface area (Å²) in [6, 6.07) is 14.1. The molecule has 2 N–H and O–H groups in total. The molecule has 0 spiro atoms. The molecule has 0 unspecified atom stereocenters. The molecule has 6 nitrogen and oxygen atoms in total. The Hall–Kier alpha value is -2.99. The van der Waals surface area contributed by atoms with Crippen LogP contribution in [-0.4, -0.2) is 33.5 Å². The van der Waals surface area contributed by atoms with Crippen molar-refractivity contribution in [3.63, 3.8) is 0 Å². The molecule has 0 bridgehead atoms. The number of anilines is 1. The van der Waals surface area contributed by atoms with E-state index in [1.165, 1.54) is 0 Å². The van der Waals surface area contributed by atoms with Gasteiger partial charge in [-0.15, -0.1) is 0 Å². The largest absolute Gasteiger partial charge is 0.497 e. The molecule has 4 rings (SSSR count). The van der Waals surface area contributed by atoms with Crippen LogP contribution in [0.2, 0.25) is 0 Å². The van der Waals surface area contributed by atoms with Crippen LogP contribution in [0.5, 0.6) is 5.75 Å². The van der Waals surface area contributed by atoms with E-state index in [0.29, 0.717) is 5.95 Å². The van der Waals surface area contributed by atoms with Crippen molar-refractivity contribution >= 4 is 5.95 Å². The number of nitrogens with zero attached hydrogens (tertiary/aromatic N) is 4. The summed E-state index contributed by atoms with van der Waals surface area (Å²) in [7, 11) is 1.67. The first-order valence-corrected chi connectivity index (χ1v) is 8.64. The van der Waals surface area contributed by atoms with Gasteiger partial charge in [-0.3, -0.25) is 9.88 Å². The summed E-state index contributed by atoms with van der Waals surface area (Å²) >= 11 is 0. The highest BCUT2D eigenvalue weighted by Crippen LogP contribution is 2.22. The van der Waals surface area contributed by atoms with Gasteiger partial charge in [0.2, 0.25) is 5.95 Å². The monoisotopic (exact) mass is 347 g/mol. The summed E-state index contributed by atoms with van der Waals surface area (Å²) in [5.74, 6) is 1.20. The Labute approximate surface area is 152 Å². The van der Waals surface area contributed by atoms with Crippen molar-refractivity contribution in [2.45, 2.75) is 19.5 Å². The summed E-state index contributed by atoms with van der Waals surface area (Å²) in [6.45, 7) is 2.57. The molecular weight excluding hydrogens is 326 g/mol. The number of fused-ring (bicyclic) bond motifs is 1. The number of nitrogens with two attached hydrogens (primary N) is 1. The molecule has 1 aliphatic rings. The fourth-order valence-electron chi connectivity index (χ4n) is 3.24. The van der Waals surface area contributed by atoms with Gasteiger partial charge in [0.15, 0.2) is 0 Å². The second-order valence-corrected chi connectivity index (χ2v) is 6.40. The maximum absolute atomic E-state index is 5.68. The van der Waals surface area contributed by atoms with Crippen LogP contribution in [0.3, 0.4) is 0 Å². The van der Waals surface area contributed by atoms with Crippen LogP contribution in [0, 0.1) is 0 Å². The van der Waals surface area contributed by atoms with Gasteiger partial charge in [0.1, 0.15) is 5.75 Å². The van der Waals surface area contributed by atoms with E-state index in [-0.39, 0.29) is 0 Å². The van der Waals surface area contributed by atoms with Gasteiger partial charge in [0, 0.05) is 43.4 Å². The number of pyridine rings is 1. The number of methoxy groups -OCH3 is 1. The molecule has 0 aliphatic carbocycles. The van der Waals surface area contributed by atoms with E-state index in [4.69, 9.17) is 15.5 Å². The van der Waals surface area contributed by atoms with Crippen LogP contribution < -0.4 is 10.5 Å². The smallest absolute Gasteiger partial charge is 0.220 e. The van der Waals surface area contributed by atoms with Crippen LogP contribution in [-0.2, 0) is 19.5 Å². The summed E-state index contributed by atoms with van der Waals surface area (Å²) in [5, 5.41) is 0. The Morgan fingerprint density at radius 2 is 1.96 bits per heavy atom. The van der Waals surface area contributed by atoms with E-state index in [9.17, 15) is 0 Å². The molecule has 0 saturated carbocycles. The maximum atomic E-state index is 5.68. The van der Waals surface area contributed by atoms with Gasteiger partial charge in [0.05, 0.1) is 24.2 Å². The van der Waals surface area contributed by atoms with E-state index in [0.717, 1.165) is 60.0 Å². The zero-order chi connectivity index (χ0) is 17.9. The van der Waals surface area contributed by atoms with Crippen LogP contribution in [0.4, 0.5) is 5.95 Å². The van der Waals surface area contributed by atoms with Crippen molar-refractivity contribution in [2.24, 2.45) is 0 Å². The molecule has 132 valence electrons. The molecule has 0 atom stereocenters. The highest BCUT2D eigenvalue weighted by Gasteiger charge is 2.18. The molecule has 1 aliphatic heterocycles. The number of ether oxygens (including phenoxy) is 1. The third-order valence-electron chi connectivity index (χ3n) is 4.61. The average molecular weight is 347 g/mol. The molecule has 0 amide bonds. The Balaban J connectivity index is 1.49. The molecular formula is C20H21N5O. The quantitative estimate of drug-likeness (QED) is 0.782. The highest BCUT2D eigenvalue weighted by atomic mass is 16.5. The van der Waals surface area contributed by atoms with Crippen molar-refractivity contribution < 1.29 is 4.74 Å². The third-order valence-corrected chi connectivity index (χ3v) is 4.61. The molecule has 0 fully saturated rings. The topological polar surface area (TPSA) is 77.2 Å². The number of aromatic nitrogens is 3. The van der Waals surface area contributed by atoms with Gasteiger partial charge in [-0.05, 0) is 36.4 Å². The van der Waals surface area contributed by atoms with E-state index >= 15 is 0 Å². The molecule has 3 heterocycles. The minimum Gasteiger partial charge on any atom is -0.497 e. The van der Waals surface area contributed by atoms with Gasteiger partial charge in [-0.25, -0.2) is 9.97 Å². The van der Waals surface area contributed by atoms with Gasteiger partial charge >= 0.3 is 0 Å². The van der Waals surface area contributed by atoms with E-state index in [2.05, 4.69) is 27.0 Å². The predicted molar refractivity (Wildman–Crippen MR) is 100 cm³/mol. The molecule has 1 aromatic carbocycles. The molecule has 26 heavy (non-hydrogen) atoms. The lowest BCUT2D eigenvalue weighted by Gasteiger charge is -2.27. The minimum absolute atomic E-state index is 0.353. The van der Waals surface area contributed by atoms with Crippen molar-refractivity contribution in [2.75, 3.05) is 19.4 Å². The standard InChI is InChI=1S/C20H21N5O/c1-26-17-7-5-14(6-8-17)18-4-2-3-16(23-18)13-25-10-9-19-15(12-25)11-22-20(21)24-19/h2-8,11H,9-10,12-13H2,1H3,(H2,21,22,24). The van der Waals surface area contributed by atoms with Gasteiger partial charge in [-0.1, -0.05) is 6.07 Å². The van der Waals surface area contributed by atoms with Gasteiger partial charge < -0.3 is 10.5 Å². The maximum Gasteiger partial charge on any atom is 0.220 e. The number of hydrogen-bond acceptors (Lipinski definition) is 6. The number of nitrogen functional groups attached to an aromatic ring is 1. The Morgan fingerprint density at radius 1 is 1.12 bits per heavy atom. The summed E-state index contributed by atoms with van der Waals surface area (Å²) in [4.78, 5) is 15.6. The molecule has 3 aromatic rings. The molecule has 6 heteroatoms. The Kier molecular flexibility index (Phi) is 4.50. The predicted octanol–water partition coefficient (Wildman–Crippen LogP) is 2.69. The van der Waals surface area contributed by atoms with Crippen molar-refractivity contribution in [3.8, 4) is 17.0 Å². The number of benzene rings is 1. The SMILES string of the molecule is COc1ccc(-c2cccc(CN3CCc4nc(N)ncc4C3)n2)cc1. The van der Waals surface area contributed by atoms with Crippen LogP contribution in [0.25, 0.3) is 11.3 Å². The Morgan fingerprint density at radius 3 is 2.77 bits per heavy atom.